The van der Waals surface area contributed by atoms with Crippen LogP contribution in [0.25, 0.3) is 0 Å². The molecule has 0 fully saturated rings. The summed E-state index contributed by atoms with van der Waals surface area (Å²) in [4.78, 5) is 0. The van der Waals surface area contributed by atoms with E-state index < -0.39 is 0 Å². The Balaban J connectivity index is -0.000000117. The van der Waals surface area contributed by atoms with E-state index in [-0.39, 0.29) is 104 Å². The van der Waals surface area contributed by atoms with Gasteiger partial charge in [-0.1, -0.05) is 411 Å². The molecule has 0 aromatic carbocycles. The monoisotopic (exact) mass is 1930 g/mol. The molecule has 13 aliphatic carbocycles. The van der Waals surface area contributed by atoms with Crippen LogP contribution in [0.4, 0.5) is 0 Å². The Labute approximate surface area is 869 Å². The maximum absolute atomic E-state index is 4.18. The van der Waals surface area contributed by atoms with Gasteiger partial charge in [-0.15, -0.1) is 0 Å². The summed E-state index contributed by atoms with van der Waals surface area (Å²) in [6, 6.07) is 0. The molecule has 750 valence electrons. The number of hydrogen-bond donors (Lipinski definition) is 0. The van der Waals surface area contributed by atoms with Gasteiger partial charge in [0.25, 0.3) is 0 Å². The fourth-order valence-electron chi connectivity index (χ4n) is 14.8. The molecule has 0 aromatic rings. The molecule has 0 unspecified atom stereocenters. The van der Waals surface area contributed by atoms with Crippen molar-refractivity contribution in [2.24, 2.45) is 97.1 Å². The van der Waals surface area contributed by atoms with Crippen molar-refractivity contribution >= 4 is 0 Å². The Hall–Kier alpha value is -3.64. The van der Waals surface area contributed by atoms with Gasteiger partial charge in [0.1, 0.15) is 0 Å². The van der Waals surface area contributed by atoms with Crippen LogP contribution in [-0.4, -0.2) is 0 Å². The average Bonchev–Trinajstić information content (AvgIpc) is 0.746. The van der Waals surface area contributed by atoms with Crippen LogP contribution < -0.4 is 0 Å². The van der Waals surface area contributed by atoms with Gasteiger partial charge in [0, 0.05) is 110 Å². The van der Waals surface area contributed by atoms with Crippen LogP contribution in [0.5, 0.6) is 0 Å². The molecule has 6 bridgehead atoms. The summed E-state index contributed by atoms with van der Waals surface area (Å²) in [5.74, 6) is 4.26. The van der Waals surface area contributed by atoms with Gasteiger partial charge in [0.05, 0.1) is 0 Å². The van der Waals surface area contributed by atoms with Gasteiger partial charge in [-0.3, -0.25) is 6.58 Å². The Morgan fingerprint density at radius 1 is 0.185 bits per heavy atom. The topological polar surface area (TPSA) is 0 Å². The van der Waals surface area contributed by atoms with E-state index in [9.17, 15) is 0 Å². The molecule has 0 aliphatic heterocycles. The van der Waals surface area contributed by atoms with Crippen LogP contribution in [0.1, 0.15) is 388 Å². The first-order valence-corrected chi connectivity index (χ1v) is 46.1. The summed E-state index contributed by atoms with van der Waals surface area (Å²) in [5.41, 5.74) is 51.1. The summed E-state index contributed by atoms with van der Waals surface area (Å²) >= 11 is 0. The van der Waals surface area contributed by atoms with Crippen molar-refractivity contribution in [3.63, 3.8) is 0 Å². The molecule has 0 saturated heterocycles. The second kappa shape index (κ2) is 63.0. The fraction of sp³-hybridized carbons (Fsp3) is 0.579. The Kier molecular flexibility index (Phi) is 73.6. The van der Waals surface area contributed by atoms with Crippen molar-refractivity contribution < 1.29 is 74.2 Å². The molecule has 0 nitrogen and oxygen atoms in total. The predicted molar refractivity (Wildman–Crippen MR) is 591 cm³/mol. The third-order valence-corrected chi connectivity index (χ3v) is 23.2. The molecule has 0 saturated carbocycles. The van der Waals surface area contributed by atoms with E-state index in [4.69, 9.17) is 0 Å². The maximum Gasteiger partial charge on any atom is 0.0255 e. The number of allylic oxidation sites excluding steroid dienone is 35. The Morgan fingerprint density at radius 2 is 0.262 bits per heavy atom. The van der Waals surface area contributed by atoms with Gasteiger partial charge < -0.3 is 56.6 Å². The number of fused-ring (bicyclic) bond motifs is 3. The molecule has 0 amide bonds. The second-order valence-electron chi connectivity index (χ2n) is 48.7. The SMILES string of the molecule is C=C1C(=C)C2C(C)=C(C)C1C(C)=C2C.C=C1C(=C)C2C(C)=C(C)C1C(C)=C2C.C=C1C(=C)C2C(C)=C(C)C1C(C)=C2C.C=[C-]C1C(C)=C(C)[CH-]C(C)=C1C.CC(C)(C)C.CC(C)(C)C.CC(C)(C)C.CC(C)(C)C.CC(C)(C)C.CC(C)(C)C.CC(C)(C)C.[CH2-]C1C(C)=C(C)[CH-]C(C)=C1C.[CH2-]C1C(C)=C(C)[CH-]C(C)=C1C.[CH2-]C1C(C)=C(C)[CH-]C(C)=C1C.[CH3-].[CH3-].[CH3-].[CH3-].[V].[V].[V].[V]. The molecule has 13 aliphatic rings. The van der Waals surface area contributed by atoms with E-state index >= 15 is 0 Å². The molecule has 4 heteroatoms. The molecule has 4 radical (unpaired) electrons. The minimum atomic E-state index is 0. The second-order valence-corrected chi connectivity index (χ2v) is 48.7. The van der Waals surface area contributed by atoms with E-state index in [1.54, 1.807) is 0 Å². The summed E-state index contributed by atoms with van der Waals surface area (Å²) in [7, 11) is 0. The molecule has 0 heterocycles. The van der Waals surface area contributed by atoms with Crippen molar-refractivity contribution in [3.05, 3.63) is 318 Å². The maximum atomic E-state index is 4.18. The van der Waals surface area contributed by atoms with Crippen molar-refractivity contribution in [1.29, 1.82) is 0 Å². The minimum absolute atomic E-state index is 0. The van der Waals surface area contributed by atoms with Crippen LogP contribution >= 0.6 is 0 Å². The molecular formula is C126H214V4-12. The first-order valence-electron chi connectivity index (χ1n) is 46.1. The van der Waals surface area contributed by atoms with Crippen molar-refractivity contribution in [3.8, 4) is 0 Å². The molecule has 13 rings (SSSR count). The van der Waals surface area contributed by atoms with E-state index in [2.05, 4.69) is 486 Å². The van der Waals surface area contributed by atoms with Crippen LogP contribution in [-0.2, 0) is 74.2 Å². The zero-order valence-corrected chi connectivity index (χ0v) is 104. The van der Waals surface area contributed by atoms with Gasteiger partial charge in [-0.25, -0.2) is 23.7 Å². The van der Waals surface area contributed by atoms with Crippen LogP contribution in [0.2, 0.25) is 0 Å². The molecular weight excluding hydrogens is 1720 g/mol. The summed E-state index contributed by atoms with van der Waals surface area (Å²) < 4.78 is 0. The van der Waals surface area contributed by atoms with Gasteiger partial charge in [0.2, 0.25) is 0 Å². The molecule has 0 N–H and O–H groups in total. The molecule has 0 aromatic heterocycles. The largest absolute Gasteiger partial charge is 0.516 e. The standard InChI is InChI=1S/3C14H18.C12H16.3C11H16.7C5H12.4CH3.4V/c3*1-7-8(2)14-11(5)9(3)13(7)10(4)12(14)6;1-6-12-10(4)8(2)7-9(3)11(12)5;3*1-7-6-8(2)10(4)11(5)9(7)3;7*1-5(2,3)4;;;;;;;;/h3*13-14H,1-2H2,3-6H3;7,12H,1H2,2-5H3;3*6,11H,5H2,1-4H3;7*1-4H3;4*1H3;;;;/q;;;4*-2;;;;;;;;4*-1;;;;. The minimum Gasteiger partial charge on any atom is -0.516 e. The van der Waals surface area contributed by atoms with Gasteiger partial charge >= 0.3 is 0 Å². The van der Waals surface area contributed by atoms with Crippen molar-refractivity contribution in [1.82, 2.24) is 0 Å². The fourth-order valence-corrected chi connectivity index (χ4v) is 14.8. The molecule has 0 spiro atoms. The van der Waals surface area contributed by atoms with E-state index in [0.29, 0.717) is 97.1 Å². The average molecular weight is 1930 g/mol. The predicted octanol–water partition coefficient (Wildman–Crippen LogP) is 41.7. The third-order valence-electron chi connectivity index (χ3n) is 23.2. The summed E-state index contributed by atoms with van der Waals surface area (Å²) in [6.07, 6.45) is 12.0. The number of hydrogen-bond acceptors (Lipinski definition) is 0. The van der Waals surface area contributed by atoms with Crippen molar-refractivity contribution in [2.75, 3.05) is 0 Å². The van der Waals surface area contributed by atoms with Crippen molar-refractivity contribution in [2.45, 2.75) is 388 Å². The Morgan fingerprint density at radius 3 is 0.338 bits per heavy atom. The zero-order valence-electron chi connectivity index (χ0n) is 97.9. The van der Waals surface area contributed by atoms with Gasteiger partial charge in [-0.05, 0) is 154 Å². The van der Waals surface area contributed by atoms with Gasteiger partial charge in [0.15, 0.2) is 0 Å². The molecule has 130 heavy (non-hydrogen) atoms. The van der Waals surface area contributed by atoms with Gasteiger partial charge in [-0.2, -0.15) is 115 Å². The normalized spacial score (nSPS) is 20.7. The smallest absolute Gasteiger partial charge is 0.0255 e. The zero-order chi connectivity index (χ0) is 98.4. The third kappa shape index (κ3) is 54.5. The van der Waals surface area contributed by atoms with E-state index in [1.165, 1.54) is 189 Å². The quantitative estimate of drug-likeness (QED) is 0.181. The number of rotatable bonds is 1. The van der Waals surface area contributed by atoms with E-state index in [1.807, 2.05) is 0 Å². The van der Waals surface area contributed by atoms with Crippen LogP contribution in [0.3, 0.4) is 0 Å². The summed E-state index contributed by atoms with van der Waals surface area (Å²) in [5, 5.41) is 0. The van der Waals surface area contributed by atoms with E-state index in [0.717, 1.165) is 0 Å². The first-order chi connectivity index (χ1) is 54.1. The van der Waals surface area contributed by atoms with Crippen LogP contribution in [0.15, 0.2) is 236 Å². The first kappa shape index (κ1) is 152. The molecule has 0 atom stereocenters. The Bertz CT molecular complexity index is 3400. The summed E-state index contributed by atoms with van der Waals surface area (Å²) in [6.45, 7) is 164. The van der Waals surface area contributed by atoms with Crippen LogP contribution in [0, 0.1) is 179 Å².